The van der Waals surface area contributed by atoms with Gasteiger partial charge in [0.05, 0.1) is 0 Å². The van der Waals surface area contributed by atoms with Gasteiger partial charge in [-0.2, -0.15) is 0 Å². The molecule has 8 nitrogen and oxygen atoms in total. The molecule has 0 radical (unpaired) electrons. The summed E-state index contributed by atoms with van der Waals surface area (Å²) in [6.07, 6.45) is 9.35. The van der Waals surface area contributed by atoms with Gasteiger partial charge in [0, 0.05) is 49.7 Å². The lowest BCUT2D eigenvalue weighted by Gasteiger charge is -2.32. The third kappa shape index (κ3) is 4.37. The number of aryl methyl sites for hydroxylation is 2. The maximum absolute atomic E-state index is 12.6. The van der Waals surface area contributed by atoms with E-state index in [0.29, 0.717) is 24.6 Å². The lowest BCUT2D eigenvalue weighted by Crippen LogP contribution is -2.42. The van der Waals surface area contributed by atoms with Crippen LogP contribution in [-0.2, 0) is 17.9 Å². The predicted octanol–water partition coefficient (Wildman–Crippen LogP) is 1.25. The zero-order valence-electron chi connectivity index (χ0n) is 16.0. The number of imidazole rings is 1. The van der Waals surface area contributed by atoms with E-state index >= 15 is 0 Å². The molecule has 0 saturated carbocycles. The Morgan fingerprint density at radius 2 is 2.00 bits per heavy atom. The molecule has 1 N–H and O–H groups in total. The first kappa shape index (κ1) is 19.1. The molecule has 0 aromatic carbocycles. The molecule has 8 heteroatoms. The van der Waals surface area contributed by atoms with Gasteiger partial charge in [-0.15, -0.1) is 0 Å². The van der Waals surface area contributed by atoms with Crippen LogP contribution in [0.25, 0.3) is 0 Å². The fourth-order valence-electron chi connectivity index (χ4n) is 3.57. The normalized spacial score (nSPS) is 15.3. The highest BCUT2D eigenvalue weighted by Crippen LogP contribution is 2.27. The van der Waals surface area contributed by atoms with Gasteiger partial charge in [0.1, 0.15) is 12.4 Å². The average Bonchev–Trinajstić information content (AvgIpc) is 3.13. The number of H-pyrrole nitrogens is 1. The first-order valence-corrected chi connectivity index (χ1v) is 9.58. The number of hydrogen-bond acceptors (Lipinski definition) is 4. The molecule has 1 saturated heterocycles. The molecule has 2 aromatic heterocycles. The van der Waals surface area contributed by atoms with Crippen LogP contribution >= 0.6 is 0 Å². The summed E-state index contributed by atoms with van der Waals surface area (Å²) in [6.45, 7) is 6.04. The summed E-state index contributed by atoms with van der Waals surface area (Å²) in [4.78, 5) is 44.5. The molecule has 1 aliphatic rings. The molecular formula is C19H27N5O3. The Morgan fingerprint density at radius 1 is 1.26 bits per heavy atom. The number of hydrogen-bond donors (Lipinski definition) is 1. The largest absolute Gasteiger partial charge is 0.341 e. The third-order valence-corrected chi connectivity index (χ3v) is 5.21. The number of nitrogens with one attached hydrogen (secondary N) is 1. The number of carbonyl (C=O) groups excluding carboxylic acids is 1. The van der Waals surface area contributed by atoms with Crippen LogP contribution in [0.4, 0.5) is 0 Å². The molecule has 3 rings (SSSR count). The lowest BCUT2D eigenvalue weighted by atomic mass is 9.95. The molecule has 1 amide bonds. The van der Waals surface area contributed by atoms with Crippen molar-refractivity contribution in [3.63, 3.8) is 0 Å². The quantitative estimate of drug-likeness (QED) is 0.825. The van der Waals surface area contributed by atoms with E-state index in [4.69, 9.17) is 0 Å². The van der Waals surface area contributed by atoms with Gasteiger partial charge in [0.2, 0.25) is 5.91 Å². The van der Waals surface area contributed by atoms with Crippen molar-refractivity contribution >= 4 is 5.91 Å². The van der Waals surface area contributed by atoms with Crippen LogP contribution in [0.5, 0.6) is 0 Å². The number of piperidine rings is 1. The number of rotatable bonds is 6. The summed E-state index contributed by atoms with van der Waals surface area (Å²) in [7, 11) is 0. The van der Waals surface area contributed by atoms with Crippen molar-refractivity contribution in [2.75, 3.05) is 13.1 Å². The van der Waals surface area contributed by atoms with Crippen molar-refractivity contribution in [3.8, 4) is 0 Å². The second-order valence-corrected chi connectivity index (χ2v) is 7.19. The Labute approximate surface area is 157 Å². The van der Waals surface area contributed by atoms with Gasteiger partial charge >= 0.3 is 5.69 Å². The van der Waals surface area contributed by atoms with E-state index in [0.717, 1.165) is 38.1 Å². The number of amides is 1. The SMILES string of the molecule is CCCCn1ccnc1C1CCN(C(=O)Cn2cc(C)c(=O)[nH]c2=O)CC1. The molecule has 27 heavy (non-hydrogen) atoms. The van der Waals surface area contributed by atoms with Crippen LogP contribution < -0.4 is 11.2 Å². The number of aromatic amines is 1. The second kappa shape index (κ2) is 8.37. The van der Waals surface area contributed by atoms with Crippen molar-refractivity contribution in [1.82, 2.24) is 24.0 Å². The Kier molecular flexibility index (Phi) is 5.93. The third-order valence-electron chi connectivity index (χ3n) is 5.21. The van der Waals surface area contributed by atoms with Crippen molar-refractivity contribution in [3.05, 3.63) is 50.8 Å². The minimum atomic E-state index is -0.549. The molecule has 0 aliphatic carbocycles. The Bertz CT molecular complexity index is 903. The van der Waals surface area contributed by atoms with Gasteiger partial charge in [0.25, 0.3) is 5.56 Å². The maximum Gasteiger partial charge on any atom is 0.328 e. The molecule has 1 aliphatic heterocycles. The van der Waals surface area contributed by atoms with Crippen LogP contribution in [0.15, 0.2) is 28.2 Å². The van der Waals surface area contributed by atoms with Gasteiger partial charge in [-0.3, -0.25) is 19.1 Å². The van der Waals surface area contributed by atoms with Gasteiger partial charge in [-0.1, -0.05) is 13.3 Å². The van der Waals surface area contributed by atoms with E-state index in [2.05, 4.69) is 21.5 Å². The standard InChI is InChI=1S/C19H27N5O3/c1-3-4-8-23-11-7-20-17(23)15-5-9-22(10-6-15)16(25)13-24-12-14(2)18(26)21-19(24)27/h7,11-12,15H,3-6,8-10,13H2,1-2H3,(H,21,26,27). The average molecular weight is 373 g/mol. The van der Waals surface area contributed by atoms with Crippen LogP contribution in [0.3, 0.4) is 0 Å². The lowest BCUT2D eigenvalue weighted by molar-refractivity contribution is -0.133. The molecule has 0 atom stereocenters. The molecule has 0 bridgehead atoms. The predicted molar refractivity (Wildman–Crippen MR) is 102 cm³/mol. The Morgan fingerprint density at radius 3 is 2.70 bits per heavy atom. The Balaban J connectivity index is 1.60. The zero-order chi connectivity index (χ0) is 19.4. The van der Waals surface area contributed by atoms with E-state index in [-0.39, 0.29) is 12.5 Å². The monoisotopic (exact) mass is 373 g/mol. The van der Waals surface area contributed by atoms with E-state index in [9.17, 15) is 14.4 Å². The molecule has 0 unspecified atom stereocenters. The summed E-state index contributed by atoms with van der Waals surface area (Å²) in [5.74, 6) is 1.37. The van der Waals surface area contributed by atoms with Gasteiger partial charge in [-0.05, 0) is 26.2 Å². The maximum atomic E-state index is 12.6. The molecule has 1 fully saturated rings. The first-order valence-electron chi connectivity index (χ1n) is 9.58. The Hall–Kier alpha value is -2.64. The summed E-state index contributed by atoms with van der Waals surface area (Å²) < 4.78 is 3.50. The molecule has 146 valence electrons. The van der Waals surface area contributed by atoms with Gasteiger partial charge in [0.15, 0.2) is 0 Å². The molecule has 2 aromatic rings. The molecular weight excluding hydrogens is 346 g/mol. The minimum Gasteiger partial charge on any atom is -0.341 e. The number of aromatic nitrogens is 4. The molecule has 0 spiro atoms. The fourth-order valence-corrected chi connectivity index (χ4v) is 3.57. The van der Waals surface area contributed by atoms with Crippen LogP contribution in [0.1, 0.15) is 49.9 Å². The van der Waals surface area contributed by atoms with Gasteiger partial charge in [-0.25, -0.2) is 9.78 Å². The number of unbranched alkanes of at least 4 members (excludes halogenated alkanes) is 1. The summed E-state index contributed by atoms with van der Waals surface area (Å²) in [5, 5.41) is 0. The van der Waals surface area contributed by atoms with E-state index in [1.54, 1.807) is 11.8 Å². The van der Waals surface area contributed by atoms with Crippen LogP contribution in [0, 0.1) is 6.92 Å². The topological polar surface area (TPSA) is 93.0 Å². The van der Waals surface area contributed by atoms with Crippen LogP contribution in [0.2, 0.25) is 0 Å². The van der Waals surface area contributed by atoms with E-state index in [1.807, 2.05) is 12.4 Å². The van der Waals surface area contributed by atoms with Crippen molar-refractivity contribution in [2.24, 2.45) is 0 Å². The highest BCUT2D eigenvalue weighted by molar-refractivity contribution is 5.76. The number of likely N-dealkylation sites (tertiary alicyclic amines) is 1. The number of nitrogens with zero attached hydrogens (tertiary/aromatic N) is 4. The highest BCUT2D eigenvalue weighted by Gasteiger charge is 2.26. The van der Waals surface area contributed by atoms with Crippen molar-refractivity contribution in [2.45, 2.75) is 58.5 Å². The van der Waals surface area contributed by atoms with E-state index in [1.165, 1.54) is 10.8 Å². The number of carbonyl (C=O) groups is 1. The van der Waals surface area contributed by atoms with Crippen LogP contribution in [-0.4, -0.2) is 43.0 Å². The smallest absolute Gasteiger partial charge is 0.328 e. The minimum absolute atomic E-state index is 0.0494. The first-order chi connectivity index (χ1) is 13.0. The van der Waals surface area contributed by atoms with E-state index < -0.39 is 11.2 Å². The van der Waals surface area contributed by atoms with Gasteiger partial charge < -0.3 is 9.47 Å². The zero-order valence-corrected chi connectivity index (χ0v) is 16.0. The summed E-state index contributed by atoms with van der Waals surface area (Å²) >= 11 is 0. The highest BCUT2D eigenvalue weighted by atomic mass is 16.2. The summed E-state index contributed by atoms with van der Waals surface area (Å²) in [5.41, 5.74) is -0.546. The fraction of sp³-hybridized carbons (Fsp3) is 0.579. The van der Waals surface area contributed by atoms with Crippen molar-refractivity contribution < 1.29 is 4.79 Å². The summed E-state index contributed by atoms with van der Waals surface area (Å²) in [6, 6.07) is 0. The van der Waals surface area contributed by atoms with Crippen molar-refractivity contribution in [1.29, 1.82) is 0 Å². The second-order valence-electron chi connectivity index (χ2n) is 7.19. The molecule has 3 heterocycles.